The van der Waals surface area contributed by atoms with Crippen molar-refractivity contribution in [3.05, 3.63) is 24.4 Å². The molecule has 0 amide bonds. The SMILES string of the molecule is C/C=C\N=C(\C/C=C/C(C)=O)C(C)C. The molecule has 2 heteroatoms. The zero-order valence-electron chi connectivity index (χ0n) is 9.45. The Kier molecular flexibility index (Phi) is 6.63. The van der Waals surface area contributed by atoms with E-state index < -0.39 is 0 Å². The smallest absolute Gasteiger partial charge is 0.152 e. The van der Waals surface area contributed by atoms with Crippen molar-refractivity contribution in [2.45, 2.75) is 34.1 Å². The van der Waals surface area contributed by atoms with Crippen molar-refractivity contribution >= 4 is 11.5 Å². The molecule has 0 unspecified atom stereocenters. The third-order valence-electron chi connectivity index (χ3n) is 1.74. The van der Waals surface area contributed by atoms with E-state index in [0.717, 1.165) is 12.1 Å². The van der Waals surface area contributed by atoms with E-state index in [2.05, 4.69) is 18.8 Å². The van der Waals surface area contributed by atoms with Crippen LogP contribution >= 0.6 is 0 Å². The molecule has 0 radical (unpaired) electrons. The van der Waals surface area contributed by atoms with Crippen molar-refractivity contribution in [3.63, 3.8) is 0 Å². The predicted molar refractivity (Wildman–Crippen MR) is 61.5 cm³/mol. The molecule has 0 aliphatic carbocycles. The number of ketones is 1. The molecule has 0 rings (SSSR count). The fourth-order valence-corrected chi connectivity index (χ4v) is 0.953. The largest absolute Gasteiger partial charge is 0.295 e. The Hall–Kier alpha value is -1.18. The van der Waals surface area contributed by atoms with E-state index in [4.69, 9.17) is 0 Å². The maximum absolute atomic E-state index is 10.7. The van der Waals surface area contributed by atoms with Crippen LogP contribution in [0.25, 0.3) is 0 Å². The third-order valence-corrected chi connectivity index (χ3v) is 1.74. The van der Waals surface area contributed by atoms with Crippen molar-refractivity contribution in [3.8, 4) is 0 Å². The highest BCUT2D eigenvalue weighted by molar-refractivity contribution is 5.91. The summed E-state index contributed by atoms with van der Waals surface area (Å²) < 4.78 is 0. The van der Waals surface area contributed by atoms with E-state index in [1.54, 1.807) is 19.2 Å². The highest BCUT2D eigenvalue weighted by atomic mass is 16.1. The first-order valence-corrected chi connectivity index (χ1v) is 4.92. The maximum atomic E-state index is 10.7. The molecule has 0 aliphatic heterocycles. The molecule has 0 aromatic rings. The highest BCUT2D eigenvalue weighted by Gasteiger charge is 2.01. The van der Waals surface area contributed by atoms with Gasteiger partial charge in [-0.15, -0.1) is 0 Å². The van der Waals surface area contributed by atoms with Gasteiger partial charge in [0.25, 0.3) is 0 Å². The van der Waals surface area contributed by atoms with E-state index >= 15 is 0 Å². The average molecular weight is 193 g/mol. The molecule has 0 spiro atoms. The molecule has 0 aliphatic rings. The van der Waals surface area contributed by atoms with Crippen molar-refractivity contribution in [1.29, 1.82) is 0 Å². The van der Waals surface area contributed by atoms with E-state index in [1.165, 1.54) is 0 Å². The normalized spacial score (nSPS) is 13.4. The van der Waals surface area contributed by atoms with Gasteiger partial charge < -0.3 is 0 Å². The van der Waals surface area contributed by atoms with E-state index in [9.17, 15) is 4.79 Å². The minimum atomic E-state index is 0.0825. The van der Waals surface area contributed by atoms with E-state index in [-0.39, 0.29) is 5.78 Å². The van der Waals surface area contributed by atoms with Gasteiger partial charge in [0, 0.05) is 18.3 Å². The number of hydrogen-bond acceptors (Lipinski definition) is 2. The van der Waals surface area contributed by atoms with Gasteiger partial charge >= 0.3 is 0 Å². The van der Waals surface area contributed by atoms with Crippen LogP contribution in [-0.2, 0) is 4.79 Å². The van der Waals surface area contributed by atoms with Gasteiger partial charge in [0.05, 0.1) is 0 Å². The van der Waals surface area contributed by atoms with Gasteiger partial charge in [-0.05, 0) is 25.8 Å². The summed E-state index contributed by atoms with van der Waals surface area (Å²) in [6.45, 7) is 7.69. The Bertz CT molecular complexity index is 259. The molecule has 0 aromatic carbocycles. The summed E-state index contributed by atoms with van der Waals surface area (Å²) in [5, 5.41) is 0. The van der Waals surface area contributed by atoms with Crippen molar-refractivity contribution in [1.82, 2.24) is 0 Å². The summed E-state index contributed by atoms with van der Waals surface area (Å²) in [6, 6.07) is 0. The van der Waals surface area contributed by atoms with Crippen LogP contribution in [0.2, 0.25) is 0 Å². The van der Waals surface area contributed by atoms with Crippen LogP contribution in [0.3, 0.4) is 0 Å². The van der Waals surface area contributed by atoms with Crippen LogP contribution in [-0.4, -0.2) is 11.5 Å². The zero-order chi connectivity index (χ0) is 11.0. The molecule has 2 nitrogen and oxygen atoms in total. The van der Waals surface area contributed by atoms with Gasteiger partial charge in [-0.25, -0.2) is 0 Å². The van der Waals surface area contributed by atoms with Gasteiger partial charge in [-0.3, -0.25) is 9.79 Å². The molecule has 78 valence electrons. The second kappa shape index (κ2) is 7.25. The van der Waals surface area contributed by atoms with Crippen molar-refractivity contribution in [2.75, 3.05) is 0 Å². The first-order chi connectivity index (χ1) is 6.57. The Morgan fingerprint density at radius 1 is 1.43 bits per heavy atom. The first kappa shape index (κ1) is 12.8. The Morgan fingerprint density at radius 2 is 2.07 bits per heavy atom. The zero-order valence-corrected chi connectivity index (χ0v) is 9.45. The molecule has 0 aromatic heterocycles. The van der Waals surface area contributed by atoms with Gasteiger partial charge in [0.1, 0.15) is 0 Å². The summed E-state index contributed by atoms with van der Waals surface area (Å²) in [5.74, 6) is 0.502. The lowest BCUT2D eigenvalue weighted by Crippen LogP contribution is -2.05. The van der Waals surface area contributed by atoms with Crippen molar-refractivity contribution < 1.29 is 4.79 Å². The lowest BCUT2D eigenvalue weighted by molar-refractivity contribution is -0.112. The fourth-order valence-electron chi connectivity index (χ4n) is 0.953. The second-order valence-corrected chi connectivity index (χ2v) is 3.47. The third kappa shape index (κ3) is 6.35. The summed E-state index contributed by atoms with van der Waals surface area (Å²) in [5.41, 5.74) is 1.10. The number of nitrogens with zero attached hydrogens (tertiary/aromatic N) is 1. The number of hydrogen-bond donors (Lipinski definition) is 0. The second-order valence-electron chi connectivity index (χ2n) is 3.47. The topological polar surface area (TPSA) is 29.4 Å². The van der Waals surface area contributed by atoms with Gasteiger partial charge in [0.2, 0.25) is 0 Å². The summed E-state index contributed by atoms with van der Waals surface area (Å²) >= 11 is 0. The Morgan fingerprint density at radius 3 is 2.50 bits per heavy atom. The number of rotatable bonds is 5. The van der Waals surface area contributed by atoms with Crippen LogP contribution in [0.5, 0.6) is 0 Å². The van der Waals surface area contributed by atoms with Gasteiger partial charge in [-0.1, -0.05) is 26.0 Å². The van der Waals surface area contributed by atoms with E-state index in [1.807, 2.05) is 19.1 Å². The van der Waals surface area contributed by atoms with Crippen LogP contribution in [0.1, 0.15) is 34.1 Å². The van der Waals surface area contributed by atoms with Crippen LogP contribution in [0.15, 0.2) is 29.4 Å². The Labute approximate surface area is 86.4 Å². The van der Waals surface area contributed by atoms with Crippen LogP contribution in [0, 0.1) is 5.92 Å². The molecule has 0 N–H and O–H groups in total. The molecule has 0 saturated heterocycles. The minimum Gasteiger partial charge on any atom is -0.295 e. The number of allylic oxidation sites excluding steroid dienone is 3. The summed E-state index contributed by atoms with van der Waals surface area (Å²) in [7, 11) is 0. The number of aliphatic imine (C=N–C) groups is 1. The van der Waals surface area contributed by atoms with E-state index in [0.29, 0.717) is 5.92 Å². The highest BCUT2D eigenvalue weighted by Crippen LogP contribution is 2.03. The number of carbonyl (C=O) groups excluding carboxylic acids is 1. The Balaban J connectivity index is 4.32. The molecule has 0 fully saturated rings. The monoisotopic (exact) mass is 193 g/mol. The lowest BCUT2D eigenvalue weighted by Gasteiger charge is -2.05. The molecule has 0 saturated carbocycles. The van der Waals surface area contributed by atoms with Crippen LogP contribution < -0.4 is 0 Å². The molecule has 0 bridgehead atoms. The fraction of sp³-hybridized carbons (Fsp3) is 0.500. The molecule has 0 atom stereocenters. The molecular weight excluding hydrogens is 174 g/mol. The first-order valence-electron chi connectivity index (χ1n) is 4.92. The standard InChI is InChI=1S/C12H19NO/c1-5-9-13-12(10(2)3)8-6-7-11(4)14/h5-7,9-10H,8H2,1-4H3/b7-6+,9-5-,13-12-. The molecule has 14 heavy (non-hydrogen) atoms. The van der Waals surface area contributed by atoms with Crippen molar-refractivity contribution in [2.24, 2.45) is 10.9 Å². The van der Waals surface area contributed by atoms with Gasteiger partial charge in [-0.2, -0.15) is 0 Å². The molecule has 0 heterocycles. The average Bonchev–Trinajstić information content (AvgIpc) is 2.09. The maximum Gasteiger partial charge on any atom is 0.152 e. The summed E-state index contributed by atoms with van der Waals surface area (Å²) in [4.78, 5) is 15.0. The quantitative estimate of drug-likeness (QED) is 0.487. The van der Waals surface area contributed by atoms with Gasteiger partial charge in [0.15, 0.2) is 5.78 Å². The molecular formula is C12H19NO. The predicted octanol–water partition coefficient (Wildman–Crippen LogP) is 3.15. The minimum absolute atomic E-state index is 0.0825. The number of carbonyl (C=O) groups is 1. The summed E-state index contributed by atoms with van der Waals surface area (Å²) in [6.07, 6.45) is 7.90. The van der Waals surface area contributed by atoms with Crippen LogP contribution in [0.4, 0.5) is 0 Å². The lowest BCUT2D eigenvalue weighted by atomic mass is 10.0.